The molecule has 1 fully saturated rings. The fourth-order valence-corrected chi connectivity index (χ4v) is 15.4. The van der Waals surface area contributed by atoms with E-state index in [-0.39, 0.29) is 34.6 Å². The third-order valence-corrected chi connectivity index (χ3v) is 19.4. The number of aryl methyl sites for hydroxylation is 1. The van der Waals surface area contributed by atoms with Gasteiger partial charge < -0.3 is 24.0 Å². The maximum absolute atomic E-state index is 14.8. The minimum atomic E-state index is -0.225. The minimum Gasteiger partial charge on any atom is -0.460 e. The van der Waals surface area contributed by atoms with Crippen molar-refractivity contribution in [1.82, 2.24) is 4.90 Å². The molecule has 5 aromatic rings. The summed E-state index contributed by atoms with van der Waals surface area (Å²) in [6.07, 6.45) is 37.7. The summed E-state index contributed by atoms with van der Waals surface area (Å²) in [4.78, 5) is 10.5. The fourth-order valence-electron chi connectivity index (χ4n) is 15.4. The molecule has 5 nitrogen and oxygen atoms in total. The highest BCUT2D eigenvalue weighted by Crippen LogP contribution is 2.52. The van der Waals surface area contributed by atoms with E-state index in [4.69, 9.17) is 4.42 Å². The van der Waals surface area contributed by atoms with E-state index in [9.17, 15) is 8.78 Å². The van der Waals surface area contributed by atoms with E-state index >= 15 is 0 Å². The van der Waals surface area contributed by atoms with Crippen molar-refractivity contribution < 1.29 is 13.2 Å². The van der Waals surface area contributed by atoms with Crippen molar-refractivity contribution >= 4 is 40.2 Å². The van der Waals surface area contributed by atoms with Gasteiger partial charge in [0.15, 0.2) is 0 Å². The van der Waals surface area contributed by atoms with Crippen LogP contribution in [0.3, 0.4) is 0 Å². The Morgan fingerprint density at radius 3 is 2.15 bits per heavy atom. The lowest BCUT2D eigenvalue weighted by atomic mass is 9.80. The number of anilines is 3. The summed E-state index contributed by atoms with van der Waals surface area (Å²) < 4.78 is 36.5. The number of hydrogen-bond donors (Lipinski definition) is 0. The minimum absolute atomic E-state index is 0.00843. The van der Waals surface area contributed by atoms with E-state index in [0.717, 1.165) is 74.8 Å². The van der Waals surface area contributed by atoms with Crippen LogP contribution in [0.15, 0.2) is 184 Å². The van der Waals surface area contributed by atoms with Crippen LogP contribution in [-0.2, 0) is 23.7 Å². The zero-order chi connectivity index (χ0) is 53.9. The molecule has 404 valence electrons. The van der Waals surface area contributed by atoms with Crippen molar-refractivity contribution in [2.45, 2.75) is 166 Å². The van der Waals surface area contributed by atoms with Crippen molar-refractivity contribution in [1.29, 1.82) is 0 Å². The first-order valence-corrected chi connectivity index (χ1v) is 29.8. The molecule has 0 saturated carbocycles. The molecule has 4 aromatic carbocycles. The number of halogens is 2. The summed E-state index contributed by atoms with van der Waals surface area (Å²) in [5.41, 5.74) is 19.5. The van der Waals surface area contributed by atoms with Crippen LogP contribution in [0.1, 0.15) is 146 Å². The van der Waals surface area contributed by atoms with Gasteiger partial charge in [-0.3, -0.25) is 0 Å². The Morgan fingerprint density at radius 2 is 1.41 bits per heavy atom. The average molecular weight is 1050 g/mol. The molecule has 9 aliphatic rings. The maximum Gasteiger partial charge on any atom is 0.135 e. The Bertz CT molecular complexity index is 3530. The second-order valence-corrected chi connectivity index (χ2v) is 26.2. The molecule has 7 aliphatic carbocycles. The Hall–Kier alpha value is -6.86. The van der Waals surface area contributed by atoms with Gasteiger partial charge >= 0.3 is 0 Å². The standard InChI is InChI=1S/C72H76F2N4O/c1-71(2,3)47-16-25-53(26-17-47)77-65-13-9-7-11-59(65)62-42-56(34-37-67(62)77)75(51-29-20-49(73)21-30-51)55-24-15-45-40-64-61-36-33-58(44-70(61)79-69(64)41-46(45)39-55)76(52-31-22-50(74)23-32-52)57-35-38-68-63(43-57)60-12-8-10-14-66(60)78(68)54-27-18-48(19-28-54)72(4,5)6/h9-10,13-14,16-20,22-23,25-29,31-33,35-36,39-42,56,58-59,63,65,67-68H,7-8,11-12,15,21,24,30,34,37-38,43-44H2,1-6H3. The Labute approximate surface area is 467 Å². The van der Waals surface area contributed by atoms with Crippen LogP contribution >= 0.6 is 0 Å². The maximum atomic E-state index is 14.8. The number of nitrogens with zero attached hydrogens (tertiary/aromatic N) is 4. The van der Waals surface area contributed by atoms with Gasteiger partial charge in [-0.25, -0.2) is 8.78 Å². The van der Waals surface area contributed by atoms with Crippen LogP contribution in [0, 0.1) is 17.7 Å². The summed E-state index contributed by atoms with van der Waals surface area (Å²) in [5.74, 6) is 1.61. The molecule has 7 atom stereocenters. The summed E-state index contributed by atoms with van der Waals surface area (Å²) in [6.45, 7) is 13.7. The van der Waals surface area contributed by atoms with Crippen LogP contribution in [0.4, 0.5) is 25.8 Å². The molecule has 3 heterocycles. The first-order chi connectivity index (χ1) is 38.2. The molecule has 1 aromatic heterocycles. The molecule has 14 rings (SSSR count). The second-order valence-electron chi connectivity index (χ2n) is 26.2. The summed E-state index contributed by atoms with van der Waals surface area (Å²) in [7, 11) is 0. The number of hydrogen-bond acceptors (Lipinski definition) is 5. The van der Waals surface area contributed by atoms with Crippen LogP contribution in [0.5, 0.6) is 0 Å². The normalized spacial score (nSPS) is 26.1. The van der Waals surface area contributed by atoms with E-state index in [1.807, 2.05) is 12.1 Å². The van der Waals surface area contributed by atoms with Crippen LogP contribution in [0.25, 0.3) is 23.1 Å². The predicted octanol–water partition coefficient (Wildman–Crippen LogP) is 17.8. The van der Waals surface area contributed by atoms with Gasteiger partial charge in [-0.05, 0) is 200 Å². The second kappa shape index (κ2) is 19.5. The van der Waals surface area contributed by atoms with Crippen molar-refractivity contribution in [3.63, 3.8) is 0 Å². The summed E-state index contributed by atoms with van der Waals surface area (Å²) in [6, 6.07) is 31.8. The van der Waals surface area contributed by atoms with E-state index in [1.54, 1.807) is 29.4 Å². The van der Waals surface area contributed by atoms with Gasteiger partial charge in [-0.2, -0.15) is 0 Å². The van der Waals surface area contributed by atoms with Crippen LogP contribution < -0.4 is 14.7 Å². The quantitative estimate of drug-likeness (QED) is 0.144. The Kier molecular flexibility index (Phi) is 12.4. The van der Waals surface area contributed by atoms with Crippen LogP contribution in [0.2, 0.25) is 0 Å². The van der Waals surface area contributed by atoms with Crippen LogP contribution in [-0.4, -0.2) is 35.1 Å². The van der Waals surface area contributed by atoms with E-state index in [2.05, 4.69) is 183 Å². The molecule has 7 heteroatoms. The summed E-state index contributed by atoms with van der Waals surface area (Å²) >= 11 is 0. The first kappa shape index (κ1) is 50.4. The van der Waals surface area contributed by atoms with E-state index in [0.29, 0.717) is 49.2 Å². The molecule has 1 saturated heterocycles. The van der Waals surface area contributed by atoms with Gasteiger partial charge in [0.2, 0.25) is 0 Å². The molecule has 0 N–H and O–H groups in total. The molecular formula is C72H76F2N4O. The molecule has 79 heavy (non-hydrogen) atoms. The van der Waals surface area contributed by atoms with E-state index < -0.39 is 0 Å². The monoisotopic (exact) mass is 1050 g/mol. The average Bonchev–Trinajstić information content (AvgIpc) is 4.18. The number of allylic oxidation sites excluding steroid dienone is 9. The molecule has 0 bridgehead atoms. The Balaban J connectivity index is 0.764. The third-order valence-electron chi connectivity index (χ3n) is 19.4. The zero-order valence-corrected chi connectivity index (χ0v) is 47.1. The van der Waals surface area contributed by atoms with Gasteiger partial charge in [0.1, 0.15) is 23.0 Å². The van der Waals surface area contributed by atoms with Gasteiger partial charge in [0, 0.05) is 81.5 Å². The molecular weight excluding hydrogens is 975 g/mol. The highest BCUT2D eigenvalue weighted by molar-refractivity contribution is 5.92. The first-order valence-electron chi connectivity index (χ1n) is 29.8. The molecule has 7 unspecified atom stereocenters. The lowest BCUT2D eigenvalue weighted by Gasteiger charge is -2.42. The van der Waals surface area contributed by atoms with Gasteiger partial charge in [0.05, 0.1) is 24.2 Å². The van der Waals surface area contributed by atoms with Gasteiger partial charge in [0.25, 0.3) is 0 Å². The van der Waals surface area contributed by atoms with Gasteiger partial charge in [-0.1, -0.05) is 108 Å². The molecule has 0 spiro atoms. The highest BCUT2D eigenvalue weighted by Gasteiger charge is 2.48. The lowest BCUT2D eigenvalue weighted by Crippen LogP contribution is -2.41. The molecule has 0 amide bonds. The highest BCUT2D eigenvalue weighted by atomic mass is 19.1. The molecule has 2 aliphatic heterocycles. The third kappa shape index (κ3) is 8.93. The smallest absolute Gasteiger partial charge is 0.135 e. The Morgan fingerprint density at radius 1 is 0.646 bits per heavy atom. The number of rotatable bonds is 8. The topological polar surface area (TPSA) is 26.1 Å². The number of benzene rings is 4. The lowest BCUT2D eigenvalue weighted by molar-refractivity contribution is 0.302. The van der Waals surface area contributed by atoms with Crippen molar-refractivity contribution in [3.8, 4) is 0 Å². The molecule has 0 radical (unpaired) electrons. The zero-order valence-electron chi connectivity index (χ0n) is 47.1. The van der Waals surface area contributed by atoms with Crippen molar-refractivity contribution in [2.24, 2.45) is 11.8 Å². The van der Waals surface area contributed by atoms with E-state index in [1.165, 1.54) is 73.8 Å². The van der Waals surface area contributed by atoms with Crippen molar-refractivity contribution in [2.75, 3.05) is 14.7 Å². The van der Waals surface area contributed by atoms with Crippen molar-refractivity contribution in [3.05, 3.63) is 219 Å². The number of furan rings is 1. The predicted molar refractivity (Wildman–Crippen MR) is 322 cm³/mol. The number of fused-ring (bicyclic) bond motifs is 9. The fraction of sp³-hybridized carbons (Fsp3) is 0.389. The SMILES string of the molecule is CC(C)(C)c1ccc(N2C3=C(CCC=C3)C3CC(N(c4ccc(F)cc4)C4C=Cc5c(oc6cc7c(cc56)CCC(N(C5=CC=C(F)CC5)C5C=C6C8CCC=CC8N(c8ccc(C(C)(C)C)cc8)C6CC5)=C7)C4)=CCC32)cc1. The van der Waals surface area contributed by atoms with Gasteiger partial charge in [-0.15, -0.1) is 0 Å². The summed E-state index contributed by atoms with van der Waals surface area (Å²) in [5, 5.41) is 1.17. The largest absolute Gasteiger partial charge is 0.460 e.